The molecule has 0 aliphatic heterocycles. The van der Waals surface area contributed by atoms with Crippen molar-refractivity contribution in [2.45, 2.75) is 0 Å². The predicted molar refractivity (Wildman–Crippen MR) is 201 cm³/mol. The third kappa shape index (κ3) is 39.5. The minimum Gasteiger partial charge on any atom is -0.369 e. The summed E-state index contributed by atoms with van der Waals surface area (Å²) in [6, 6.07) is 0. The van der Waals surface area contributed by atoms with Gasteiger partial charge >= 0.3 is 60.8 Å². The average Bonchev–Trinajstić information content (AvgIpc) is 2.87. The van der Waals surface area contributed by atoms with Crippen molar-refractivity contribution in [3.8, 4) is 0 Å². The third-order valence-electron chi connectivity index (χ3n) is 6.74. The van der Waals surface area contributed by atoms with Crippen molar-refractivity contribution in [1.82, 2.24) is 35.6 Å². The Kier molecular flexibility index (Phi) is 26.0. The van der Waals surface area contributed by atoms with E-state index in [9.17, 15) is 115 Å². The maximum absolute atomic E-state index is 12.0. The van der Waals surface area contributed by atoms with Crippen LogP contribution in [0, 0.1) is 0 Å². The van der Waals surface area contributed by atoms with Gasteiger partial charge in [-0.3, -0.25) is 65.9 Å². The standard InChI is InChI=1S/C18H52N6O24P8.H3N/c25-49(26,27)11-19(3-5-21(13-51(31,32)33)7-9-23(15-53(37,38)39)16-54(40,41)42)1-2-20(12-50(28,29)30)4-6-22(14-52(34,35)36)8-10-24(17-55(43,44)45)18-56(46,47)48;/h1-18H2,(H2,25,26,27)(H2,28,29,30)(H2,31,32,33)(H2,34,35,36)(H2,37,38,39)(H2,40,41,42)(H2,43,44,45)(H2,46,47,48);1H3/p+1. The molecule has 0 radical (unpaired) electrons. The van der Waals surface area contributed by atoms with Crippen molar-refractivity contribution in [3.63, 3.8) is 0 Å². The van der Waals surface area contributed by atoms with Gasteiger partial charge in [-0.05, 0) is 0 Å². The molecule has 0 aliphatic carbocycles. The Morgan fingerprint density at radius 2 is 0.298 bits per heavy atom. The summed E-state index contributed by atoms with van der Waals surface area (Å²) in [5.41, 5.74) is 0. The highest BCUT2D eigenvalue weighted by atomic mass is 31.2. The first-order valence-corrected chi connectivity index (χ1v) is 29.8. The molecule has 0 saturated carbocycles. The van der Waals surface area contributed by atoms with E-state index in [-0.39, 0.29) is 6.15 Å². The molecular weight excluding hydrogens is 946 g/mol. The minimum absolute atomic E-state index is 0. The van der Waals surface area contributed by atoms with Crippen molar-refractivity contribution < 1.29 is 115 Å². The Balaban J connectivity index is 0. The fourth-order valence-electron chi connectivity index (χ4n) is 4.88. The van der Waals surface area contributed by atoms with E-state index in [0.29, 0.717) is 9.80 Å². The summed E-state index contributed by atoms with van der Waals surface area (Å²) in [6.45, 7) is -4.75. The van der Waals surface area contributed by atoms with E-state index in [0.717, 1.165) is 19.6 Å². The third-order valence-corrected chi connectivity index (χ3v) is 12.9. The van der Waals surface area contributed by atoms with E-state index in [4.69, 9.17) is 0 Å². The monoisotopic (exact) mass is 1000 g/mol. The molecule has 0 saturated heterocycles. The van der Waals surface area contributed by atoms with Gasteiger partial charge in [-0.1, -0.05) is 0 Å². The highest BCUT2D eigenvalue weighted by Gasteiger charge is 2.30. The maximum atomic E-state index is 12.0. The van der Waals surface area contributed by atoms with E-state index in [1.54, 1.807) is 0 Å². The quantitative estimate of drug-likeness (QED) is 0.0297. The first-order valence-electron chi connectivity index (χ1n) is 15.4. The SMILES string of the molecule is O=P(O)(O)CN(CCN(CCN(CCN(CP(=O)(O)O)CP(=O)(O)O)CP(=O)(O)O)CP(=O)(O)O)CCN(CCN(CP(=O)(O)O)CP(=O)(O)O)CP(=O)(O)O.[NH4+]. The van der Waals surface area contributed by atoms with Crippen molar-refractivity contribution >= 4 is 60.8 Å². The lowest BCUT2D eigenvalue weighted by atomic mass is 10.4. The van der Waals surface area contributed by atoms with E-state index in [2.05, 4.69) is 0 Å². The molecular formula is C18H56N7O24P8+. The lowest BCUT2D eigenvalue weighted by Crippen LogP contribution is -2.44. The molecule has 0 aliphatic rings. The van der Waals surface area contributed by atoms with Gasteiger partial charge in [-0.15, -0.1) is 0 Å². The molecule has 0 aromatic rings. The Labute approximate surface area is 326 Å². The zero-order valence-electron chi connectivity index (χ0n) is 30.4. The molecule has 0 bridgehead atoms. The van der Waals surface area contributed by atoms with Crippen LogP contribution in [-0.4, -0.2) is 223 Å². The van der Waals surface area contributed by atoms with Crippen molar-refractivity contribution in [2.24, 2.45) is 0 Å². The van der Waals surface area contributed by atoms with Crippen LogP contribution >= 0.6 is 60.8 Å². The number of nitrogens with zero attached hydrogens (tertiary/aromatic N) is 6. The van der Waals surface area contributed by atoms with E-state index in [1.807, 2.05) is 0 Å². The molecule has 0 spiro atoms. The van der Waals surface area contributed by atoms with Gasteiger partial charge in [-0.25, -0.2) is 0 Å². The summed E-state index contributed by atoms with van der Waals surface area (Å²) in [4.78, 5) is 157. The van der Waals surface area contributed by atoms with Crippen LogP contribution in [-0.2, 0) is 36.5 Å². The molecule has 31 nitrogen and oxygen atoms in total. The van der Waals surface area contributed by atoms with Gasteiger partial charge in [0.25, 0.3) is 0 Å². The second-order valence-electron chi connectivity index (χ2n) is 12.7. The van der Waals surface area contributed by atoms with Gasteiger partial charge in [0.1, 0.15) is 50.3 Å². The zero-order valence-corrected chi connectivity index (χ0v) is 37.6. The summed E-state index contributed by atoms with van der Waals surface area (Å²) in [7, 11) is -39.2. The Hall–Kier alpha value is 0.920. The lowest BCUT2D eigenvalue weighted by molar-refractivity contribution is 0.166. The van der Waals surface area contributed by atoms with Crippen molar-refractivity contribution in [1.29, 1.82) is 0 Å². The topological polar surface area (TPSA) is 516 Å². The van der Waals surface area contributed by atoms with Crippen LogP contribution in [0.25, 0.3) is 0 Å². The Bertz CT molecular complexity index is 1430. The first kappa shape index (κ1) is 60.0. The molecule has 57 heavy (non-hydrogen) atoms. The highest BCUT2D eigenvalue weighted by Crippen LogP contribution is 2.43. The van der Waals surface area contributed by atoms with E-state index in [1.165, 1.54) is 0 Å². The molecule has 0 amide bonds. The molecule has 20 N–H and O–H groups in total. The second-order valence-corrected chi connectivity index (χ2v) is 25.6. The Morgan fingerprint density at radius 3 is 0.404 bits per heavy atom. The molecule has 0 atom stereocenters. The highest BCUT2D eigenvalue weighted by molar-refractivity contribution is 7.53. The van der Waals surface area contributed by atoms with Crippen LogP contribution < -0.4 is 6.15 Å². The summed E-state index contributed by atoms with van der Waals surface area (Å²) in [5, 5.41) is 0. The van der Waals surface area contributed by atoms with Crippen LogP contribution in [0.5, 0.6) is 0 Å². The van der Waals surface area contributed by atoms with Gasteiger partial charge in [-0.2, -0.15) is 0 Å². The average molecular weight is 1000 g/mol. The summed E-state index contributed by atoms with van der Waals surface area (Å²) in [6.07, 6.45) is -8.70. The molecule has 0 aromatic carbocycles. The molecule has 0 heterocycles. The van der Waals surface area contributed by atoms with Crippen LogP contribution in [0.2, 0.25) is 0 Å². The van der Waals surface area contributed by atoms with Gasteiger partial charge in [0.15, 0.2) is 0 Å². The number of hydrogen-bond acceptors (Lipinski definition) is 14. The molecule has 0 aromatic heterocycles. The van der Waals surface area contributed by atoms with Crippen molar-refractivity contribution in [3.05, 3.63) is 0 Å². The van der Waals surface area contributed by atoms with Crippen LogP contribution in [0.15, 0.2) is 0 Å². The van der Waals surface area contributed by atoms with Crippen LogP contribution in [0.4, 0.5) is 0 Å². The zero-order chi connectivity index (χ0) is 44.2. The van der Waals surface area contributed by atoms with E-state index < -0.39 is 177 Å². The summed E-state index contributed by atoms with van der Waals surface area (Å²) < 4.78 is 93.6. The second kappa shape index (κ2) is 24.7. The van der Waals surface area contributed by atoms with Crippen LogP contribution in [0.3, 0.4) is 0 Å². The van der Waals surface area contributed by atoms with Crippen LogP contribution in [0.1, 0.15) is 0 Å². The largest absolute Gasteiger partial charge is 0.369 e. The molecule has 346 valence electrons. The van der Waals surface area contributed by atoms with Gasteiger partial charge in [0, 0.05) is 65.4 Å². The van der Waals surface area contributed by atoms with Gasteiger partial charge < -0.3 is 84.4 Å². The molecule has 0 unspecified atom stereocenters. The lowest BCUT2D eigenvalue weighted by Gasteiger charge is -2.32. The summed E-state index contributed by atoms with van der Waals surface area (Å²) >= 11 is 0. The predicted octanol–water partition coefficient (Wildman–Crippen LogP) is -3.74. The Morgan fingerprint density at radius 1 is 0.211 bits per heavy atom. The minimum atomic E-state index is -4.92. The maximum Gasteiger partial charge on any atom is 0.339 e. The summed E-state index contributed by atoms with van der Waals surface area (Å²) in [5.74, 6) is 0. The smallest absolute Gasteiger partial charge is 0.339 e. The molecule has 39 heteroatoms. The van der Waals surface area contributed by atoms with Gasteiger partial charge in [0.05, 0.1) is 0 Å². The normalized spacial score (nSPS) is 14.5. The number of rotatable bonds is 31. The molecule has 0 rings (SSSR count). The fraction of sp³-hybridized carbons (Fsp3) is 1.00. The fourth-order valence-corrected chi connectivity index (χ4v) is 11.5. The molecule has 0 fully saturated rings. The van der Waals surface area contributed by atoms with Crippen molar-refractivity contribution in [2.75, 3.05) is 116 Å². The van der Waals surface area contributed by atoms with E-state index >= 15 is 0 Å². The number of quaternary nitrogens is 1. The first-order chi connectivity index (χ1) is 24.7. The van der Waals surface area contributed by atoms with Gasteiger partial charge in [0.2, 0.25) is 0 Å². The number of hydrogen-bond donors (Lipinski definition) is 17.